The van der Waals surface area contributed by atoms with Gasteiger partial charge in [-0.25, -0.2) is 4.98 Å². The van der Waals surface area contributed by atoms with Crippen molar-refractivity contribution in [3.8, 4) is 6.07 Å². The number of nitriles is 1. The molecule has 0 aliphatic carbocycles. The zero-order valence-corrected chi connectivity index (χ0v) is 9.44. The topological polar surface area (TPSA) is 74.7 Å². The van der Waals surface area contributed by atoms with E-state index >= 15 is 0 Å². The van der Waals surface area contributed by atoms with E-state index in [-0.39, 0.29) is 0 Å². The van der Waals surface area contributed by atoms with Crippen LogP contribution >= 0.6 is 0 Å². The molecule has 0 atom stereocenters. The normalized spacial score (nSPS) is 9.65. The van der Waals surface area contributed by atoms with Crippen LogP contribution in [0.2, 0.25) is 0 Å². The summed E-state index contributed by atoms with van der Waals surface area (Å²) >= 11 is 0. The first-order chi connectivity index (χ1) is 8.20. The summed E-state index contributed by atoms with van der Waals surface area (Å²) in [5, 5.41) is 12.2. The summed E-state index contributed by atoms with van der Waals surface area (Å²) in [6.07, 6.45) is 1.67. The Hall–Kier alpha value is -2.54. The molecule has 1 aromatic heterocycles. The largest absolute Gasteiger partial charge is 0.399 e. The molecule has 0 bridgehead atoms. The Labute approximate surface area is 99.7 Å². The fraction of sp³-hybridized carbons (Fsp3) is 0.0769. The number of benzene rings is 1. The minimum absolute atomic E-state index is 0.551. The smallest absolute Gasteiger partial charge is 0.148 e. The fourth-order valence-electron chi connectivity index (χ4n) is 1.55. The van der Waals surface area contributed by atoms with E-state index in [9.17, 15) is 0 Å². The maximum atomic E-state index is 9.08. The van der Waals surface area contributed by atoms with Crippen molar-refractivity contribution in [3.05, 3.63) is 47.7 Å². The van der Waals surface area contributed by atoms with Crippen LogP contribution in [0.5, 0.6) is 0 Å². The SMILES string of the molecule is Cc1ccnc(Nc2cccc(N)c2)c1C#N. The number of anilines is 3. The molecule has 0 aliphatic heterocycles. The van der Waals surface area contributed by atoms with Crippen molar-refractivity contribution < 1.29 is 0 Å². The number of pyridine rings is 1. The molecule has 0 unspecified atom stereocenters. The molecule has 0 fully saturated rings. The average Bonchev–Trinajstić information content (AvgIpc) is 2.29. The summed E-state index contributed by atoms with van der Waals surface area (Å²) < 4.78 is 0. The molecule has 4 nitrogen and oxygen atoms in total. The van der Waals surface area contributed by atoms with E-state index in [2.05, 4.69) is 16.4 Å². The second-order valence-electron chi connectivity index (χ2n) is 3.71. The molecule has 1 heterocycles. The first-order valence-electron chi connectivity index (χ1n) is 5.19. The summed E-state index contributed by atoms with van der Waals surface area (Å²) in [4.78, 5) is 4.16. The fourth-order valence-corrected chi connectivity index (χ4v) is 1.55. The van der Waals surface area contributed by atoms with Gasteiger partial charge in [-0.1, -0.05) is 6.07 Å². The van der Waals surface area contributed by atoms with E-state index in [0.29, 0.717) is 17.1 Å². The van der Waals surface area contributed by atoms with Crippen LogP contribution < -0.4 is 11.1 Å². The predicted octanol–water partition coefficient (Wildman–Crippen LogP) is 2.59. The summed E-state index contributed by atoms with van der Waals surface area (Å²) in [5.41, 5.74) is 8.62. The second kappa shape index (κ2) is 4.54. The molecule has 0 radical (unpaired) electrons. The van der Waals surface area contributed by atoms with Crippen molar-refractivity contribution >= 4 is 17.2 Å². The molecule has 1 aromatic carbocycles. The molecule has 0 amide bonds. The number of nitrogen functional groups attached to an aromatic ring is 1. The van der Waals surface area contributed by atoms with E-state index in [0.717, 1.165) is 11.3 Å². The van der Waals surface area contributed by atoms with Gasteiger partial charge in [-0.15, -0.1) is 0 Å². The van der Waals surface area contributed by atoms with Gasteiger partial charge in [0, 0.05) is 17.6 Å². The number of nitrogens with two attached hydrogens (primary N) is 1. The summed E-state index contributed by atoms with van der Waals surface area (Å²) in [5.74, 6) is 0.554. The molecule has 2 aromatic rings. The molecule has 2 rings (SSSR count). The Bertz CT molecular complexity index is 584. The lowest BCUT2D eigenvalue weighted by atomic mass is 10.1. The molecule has 0 aliphatic rings. The Balaban J connectivity index is 2.37. The van der Waals surface area contributed by atoms with Crippen LogP contribution in [0.25, 0.3) is 0 Å². The van der Waals surface area contributed by atoms with Crippen molar-refractivity contribution in [2.24, 2.45) is 0 Å². The van der Waals surface area contributed by atoms with Gasteiger partial charge in [-0.05, 0) is 36.8 Å². The number of nitrogens with one attached hydrogen (secondary N) is 1. The van der Waals surface area contributed by atoms with Crippen LogP contribution in [0, 0.1) is 18.3 Å². The molecule has 0 saturated carbocycles. The van der Waals surface area contributed by atoms with Crippen molar-refractivity contribution in [1.82, 2.24) is 4.98 Å². The Morgan fingerprint density at radius 1 is 1.35 bits per heavy atom. The van der Waals surface area contributed by atoms with Gasteiger partial charge in [0.05, 0.1) is 5.56 Å². The zero-order chi connectivity index (χ0) is 12.3. The number of hydrogen-bond donors (Lipinski definition) is 2. The van der Waals surface area contributed by atoms with Crippen molar-refractivity contribution in [3.63, 3.8) is 0 Å². The van der Waals surface area contributed by atoms with Gasteiger partial charge in [0.25, 0.3) is 0 Å². The molecular weight excluding hydrogens is 212 g/mol. The van der Waals surface area contributed by atoms with Gasteiger partial charge in [0.2, 0.25) is 0 Å². The molecule has 4 heteroatoms. The van der Waals surface area contributed by atoms with E-state index < -0.39 is 0 Å². The number of aromatic nitrogens is 1. The van der Waals surface area contributed by atoms with Gasteiger partial charge in [0.1, 0.15) is 11.9 Å². The van der Waals surface area contributed by atoms with E-state index in [1.165, 1.54) is 0 Å². The second-order valence-corrected chi connectivity index (χ2v) is 3.71. The first-order valence-corrected chi connectivity index (χ1v) is 5.19. The maximum Gasteiger partial charge on any atom is 0.148 e. The van der Waals surface area contributed by atoms with Crippen LogP contribution in [0.4, 0.5) is 17.2 Å². The van der Waals surface area contributed by atoms with E-state index in [4.69, 9.17) is 11.0 Å². The predicted molar refractivity (Wildman–Crippen MR) is 67.8 cm³/mol. The minimum atomic E-state index is 0.551. The highest BCUT2D eigenvalue weighted by Gasteiger charge is 2.06. The van der Waals surface area contributed by atoms with Crippen LogP contribution in [0.15, 0.2) is 36.5 Å². The summed E-state index contributed by atoms with van der Waals surface area (Å²) in [6, 6.07) is 11.3. The number of nitrogens with zero attached hydrogens (tertiary/aromatic N) is 2. The third-order valence-electron chi connectivity index (χ3n) is 2.42. The highest BCUT2D eigenvalue weighted by atomic mass is 15.0. The van der Waals surface area contributed by atoms with Gasteiger partial charge >= 0.3 is 0 Å². The van der Waals surface area contributed by atoms with Crippen LogP contribution in [0.3, 0.4) is 0 Å². The lowest BCUT2D eigenvalue weighted by molar-refractivity contribution is 1.24. The van der Waals surface area contributed by atoms with Gasteiger partial charge < -0.3 is 11.1 Å². The molecule has 3 N–H and O–H groups in total. The third-order valence-corrected chi connectivity index (χ3v) is 2.42. The lowest BCUT2D eigenvalue weighted by Crippen LogP contribution is -1.99. The molecule has 0 saturated heterocycles. The maximum absolute atomic E-state index is 9.08. The number of rotatable bonds is 2. The standard InChI is InChI=1S/C13H12N4/c1-9-5-6-16-13(12(9)8-14)17-11-4-2-3-10(15)7-11/h2-7H,15H2,1H3,(H,16,17). The number of aryl methyl sites for hydroxylation is 1. The summed E-state index contributed by atoms with van der Waals surface area (Å²) in [7, 11) is 0. The lowest BCUT2D eigenvalue weighted by Gasteiger charge is -2.08. The highest BCUT2D eigenvalue weighted by molar-refractivity contribution is 5.66. The van der Waals surface area contributed by atoms with E-state index in [1.54, 1.807) is 18.3 Å². The summed E-state index contributed by atoms with van der Waals surface area (Å²) in [6.45, 7) is 1.88. The van der Waals surface area contributed by atoms with Gasteiger partial charge in [0.15, 0.2) is 0 Å². The molecule has 17 heavy (non-hydrogen) atoms. The van der Waals surface area contributed by atoms with E-state index in [1.807, 2.05) is 25.1 Å². The quantitative estimate of drug-likeness (QED) is 0.769. The first kappa shape index (κ1) is 11.0. The van der Waals surface area contributed by atoms with Crippen LogP contribution in [-0.2, 0) is 0 Å². The average molecular weight is 224 g/mol. The van der Waals surface area contributed by atoms with Gasteiger partial charge in [-0.2, -0.15) is 5.26 Å². The van der Waals surface area contributed by atoms with Crippen molar-refractivity contribution in [2.75, 3.05) is 11.1 Å². The molecular formula is C13H12N4. The van der Waals surface area contributed by atoms with Crippen LogP contribution in [-0.4, -0.2) is 4.98 Å². The minimum Gasteiger partial charge on any atom is -0.399 e. The molecule has 84 valence electrons. The van der Waals surface area contributed by atoms with Crippen molar-refractivity contribution in [1.29, 1.82) is 5.26 Å². The number of hydrogen-bond acceptors (Lipinski definition) is 4. The van der Waals surface area contributed by atoms with Crippen LogP contribution in [0.1, 0.15) is 11.1 Å². The monoisotopic (exact) mass is 224 g/mol. The molecule has 0 spiro atoms. The third kappa shape index (κ3) is 2.34. The Morgan fingerprint density at radius 3 is 2.88 bits per heavy atom. The van der Waals surface area contributed by atoms with Gasteiger partial charge in [-0.3, -0.25) is 0 Å². The zero-order valence-electron chi connectivity index (χ0n) is 9.44. The Morgan fingerprint density at radius 2 is 2.18 bits per heavy atom. The van der Waals surface area contributed by atoms with Crippen molar-refractivity contribution in [2.45, 2.75) is 6.92 Å². The highest BCUT2D eigenvalue weighted by Crippen LogP contribution is 2.21. The Kier molecular flexibility index (Phi) is 2.93.